The first kappa shape index (κ1) is 29.2. The van der Waals surface area contributed by atoms with E-state index >= 15 is 0 Å². The van der Waals surface area contributed by atoms with E-state index in [9.17, 15) is 41.0 Å². The van der Waals surface area contributed by atoms with Crippen molar-refractivity contribution in [2.45, 2.75) is 38.0 Å². The van der Waals surface area contributed by atoms with Crippen LogP contribution in [0.15, 0.2) is 53.7 Å². The van der Waals surface area contributed by atoms with Crippen molar-refractivity contribution in [3.05, 3.63) is 70.3 Å². The third-order valence-corrected chi connectivity index (χ3v) is 6.66. The van der Waals surface area contributed by atoms with Crippen LogP contribution < -0.4 is 11.0 Å². The maximum atomic E-state index is 13.1. The summed E-state index contributed by atoms with van der Waals surface area (Å²) in [5.41, 5.74) is -0.582. The average Bonchev–Trinajstić information content (AvgIpc) is 3.54. The average molecular weight is 617 g/mol. The fraction of sp³-hybridized carbons (Fsp3) is 0.333. The Morgan fingerprint density at radius 2 is 1.81 bits per heavy atom. The molecule has 1 saturated carbocycles. The lowest BCUT2D eigenvalue weighted by molar-refractivity contribution is -0.207. The van der Waals surface area contributed by atoms with Gasteiger partial charge in [0.05, 0.1) is 18.4 Å². The van der Waals surface area contributed by atoms with Crippen molar-refractivity contribution in [2.24, 2.45) is 11.8 Å². The van der Waals surface area contributed by atoms with E-state index in [-0.39, 0.29) is 35.1 Å². The summed E-state index contributed by atoms with van der Waals surface area (Å²) in [6, 6.07) is 8.73. The molecule has 0 aliphatic heterocycles. The second-order valence-electron chi connectivity index (χ2n) is 9.39. The SMILES string of the molecule is O=C(Nc1ncccc1-n1cnc(Cn2nc(-c3ccc(Cl)cc3)n(C[C@H](O)C(F)(F)F)c2=O)n1)[C@@H]1C[C@@H]1C(F)(F)F. The predicted molar refractivity (Wildman–Crippen MR) is 134 cm³/mol. The molecule has 0 spiro atoms. The summed E-state index contributed by atoms with van der Waals surface area (Å²) in [6.45, 7) is -1.53. The first-order valence-electron chi connectivity index (χ1n) is 12.1. The summed E-state index contributed by atoms with van der Waals surface area (Å²) in [4.78, 5) is 33.5. The van der Waals surface area contributed by atoms with E-state index in [2.05, 4.69) is 25.5 Å². The van der Waals surface area contributed by atoms with Gasteiger partial charge < -0.3 is 10.4 Å². The number of aliphatic hydroxyl groups excluding tert-OH is 1. The lowest BCUT2D eigenvalue weighted by atomic mass is 10.2. The maximum Gasteiger partial charge on any atom is 0.416 e. The minimum atomic E-state index is -5.00. The highest BCUT2D eigenvalue weighted by atomic mass is 35.5. The molecule has 1 aliphatic rings. The molecule has 1 aliphatic carbocycles. The number of aliphatic hydroxyl groups is 1. The van der Waals surface area contributed by atoms with Gasteiger partial charge in [0.1, 0.15) is 18.6 Å². The van der Waals surface area contributed by atoms with Crippen LogP contribution in [-0.2, 0) is 17.9 Å². The van der Waals surface area contributed by atoms with Gasteiger partial charge in [-0.05, 0) is 42.8 Å². The highest BCUT2D eigenvalue weighted by molar-refractivity contribution is 6.30. The molecule has 0 unspecified atom stereocenters. The van der Waals surface area contributed by atoms with E-state index in [4.69, 9.17) is 11.6 Å². The zero-order valence-corrected chi connectivity index (χ0v) is 21.8. The number of rotatable bonds is 8. The van der Waals surface area contributed by atoms with Gasteiger partial charge in [-0.25, -0.2) is 24.1 Å². The number of nitrogens with one attached hydrogen (secondary N) is 1. The van der Waals surface area contributed by atoms with Gasteiger partial charge in [0.2, 0.25) is 5.91 Å². The van der Waals surface area contributed by atoms with Gasteiger partial charge in [0, 0.05) is 16.8 Å². The molecular formula is C24H19ClF6N8O3. The van der Waals surface area contributed by atoms with Crippen LogP contribution in [0.3, 0.4) is 0 Å². The van der Waals surface area contributed by atoms with Crippen molar-refractivity contribution in [3.63, 3.8) is 0 Å². The van der Waals surface area contributed by atoms with E-state index in [0.717, 1.165) is 9.36 Å². The Balaban J connectivity index is 1.40. The van der Waals surface area contributed by atoms with Gasteiger partial charge in [0.25, 0.3) is 0 Å². The Morgan fingerprint density at radius 3 is 2.45 bits per heavy atom. The second kappa shape index (κ2) is 10.9. The summed E-state index contributed by atoms with van der Waals surface area (Å²) in [7, 11) is 0. The van der Waals surface area contributed by atoms with Crippen molar-refractivity contribution in [1.82, 2.24) is 34.1 Å². The van der Waals surface area contributed by atoms with Crippen molar-refractivity contribution in [1.29, 1.82) is 0 Å². The van der Waals surface area contributed by atoms with Crippen molar-refractivity contribution in [3.8, 4) is 17.1 Å². The monoisotopic (exact) mass is 616 g/mol. The zero-order chi connectivity index (χ0) is 30.4. The lowest BCUT2D eigenvalue weighted by Gasteiger charge is -2.15. The van der Waals surface area contributed by atoms with Gasteiger partial charge in [-0.3, -0.25) is 9.36 Å². The van der Waals surface area contributed by atoms with Gasteiger partial charge in [-0.1, -0.05) is 11.6 Å². The van der Waals surface area contributed by atoms with E-state index < -0.39 is 55.0 Å². The van der Waals surface area contributed by atoms with E-state index in [1.165, 1.54) is 48.9 Å². The van der Waals surface area contributed by atoms with Crippen LogP contribution in [0.4, 0.5) is 32.2 Å². The third-order valence-electron chi connectivity index (χ3n) is 6.41. The van der Waals surface area contributed by atoms with E-state index in [1.54, 1.807) is 0 Å². The number of aromatic nitrogens is 7. The quantitative estimate of drug-likeness (QED) is 0.290. The number of alkyl halides is 6. The Hall–Kier alpha value is -4.25. The van der Waals surface area contributed by atoms with Gasteiger partial charge in [-0.2, -0.15) is 26.3 Å². The predicted octanol–water partition coefficient (Wildman–Crippen LogP) is 3.45. The number of anilines is 1. The van der Waals surface area contributed by atoms with Crippen LogP contribution in [-0.4, -0.2) is 63.6 Å². The number of nitrogens with zero attached hydrogens (tertiary/aromatic N) is 7. The lowest BCUT2D eigenvalue weighted by Crippen LogP contribution is -2.37. The smallest absolute Gasteiger partial charge is 0.382 e. The number of hydrogen-bond acceptors (Lipinski definition) is 7. The summed E-state index contributed by atoms with van der Waals surface area (Å²) >= 11 is 5.89. The van der Waals surface area contributed by atoms with Gasteiger partial charge >= 0.3 is 18.0 Å². The molecule has 0 radical (unpaired) electrons. The summed E-state index contributed by atoms with van der Waals surface area (Å²) in [5.74, 6) is -4.10. The van der Waals surface area contributed by atoms with Crippen LogP contribution in [0, 0.1) is 11.8 Å². The largest absolute Gasteiger partial charge is 0.416 e. The fourth-order valence-electron chi connectivity index (χ4n) is 4.15. The van der Waals surface area contributed by atoms with Gasteiger partial charge in [0.15, 0.2) is 23.6 Å². The molecule has 18 heteroatoms. The topological polar surface area (TPSA) is 133 Å². The molecule has 1 aromatic carbocycles. The number of pyridine rings is 1. The molecule has 4 aromatic rings. The number of benzene rings is 1. The minimum Gasteiger partial charge on any atom is -0.382 e. The van der Waals surface area contributed by atoms with Gasteiger partial charge in [-0.15, -0.1) is 10.2 Å². The molecule has 5 rings (SSSR count). The molecule has 0 bridgehead atoms. The molecule has 0 saturated heterocycles. The number of carbonyl (C=O) groups is 1. The molecule has 3 aromatic heterocycles. The van der Waals surface area contributed by atoms with Crippen LogP contribution in [0.25, 0.3) is 17.1 Å². The van der Waals surface area contributed by atoms with E-state index in [0.29, 0.717) is 9.59 Å². The summed E-state index contributed by atoms with van der Waals surface area (Å²) < 4.78 is 80.5. The number of hydrogen-bond donors (Lipinski definition) is 2. The highest BCUT2D eigenvalue weighted by Crippen LogP contribution is 2.50. The van der Waals surface area contributed by atoms with Crippen LogP contribution in [0.1, 0.15) is 12.2 Å². The normalized spacial score (nSPS) is 17.7. The standard InChI is InChI=1S/C24H19ClF6N8O3/c25-13-5-3-12(4-6-13)20-36-38(22(42)37(20)9-17(40)24(29,30)31)10-18-33-11-39(35-18)16-2-1-7-32-19(16)34-21(41)14-8-15(14)23(26,27)28/h1-7,11,14-15,17,40H,8-10H2,(H,32,34,41)/t14-,15+,17+/m1/s1. The molecule has 42 heavy (non-hydrogen) atoms. The number of amides is 1. The highest BCUT2D eigenvalue weighted by Gasteiger charge is 2.59. The molecule has 2 N–H and O–H groups in total. The first-order valence-corrected chi connectivity index (χ1v) is 12.5. The Morgan fingerprint density at radius 1 is 1.10 bits per heavy atom. The fourth-order valence-corrected chi connectivity index (χ4v) is 4.28. The molecule has 3 atom stereocenters. The Bertz CT molecular complexity index is 1660. The molecule has 3 heterocycles. The summed E-state index contributed by atoms with van der Waals surface area (Å²) in [6.07, 6.45) is -10.2. The van der Waals surface area contributed by atoms with E-state index in [1.807, 2.05) is 0 Å². The second-order valence-corrected chi connectivity index (χ2v) is 9.83. The van der Waals surface area contributed by atoms with Crippen LogP contribution >= 0.6 is 11.6 Å². The number of carbonyl (C=O) groups excluding carboxylic acids is 1. The van der Waals surface area contributed by atoms with Crippen molar-refractivity contribution in [2.75, 3.05) is 5.32 Å². The van der Waals surface area contributed by atoms with Crippen LogP contribution in [0.2, 0.25) is 5.02 Å². The molecule has 11 nitrogen and oxygen atoms in total. The molecule has 1 fully saturated rings. The Kier molecular flexibility index (Phi) is 7.57. The third kappa shape index (κ3) is 6.15. The molecular weight excluding hydrogens is 598 g/mol. The summed E-state index contributed by atoms with van der Waals surface area (Å²) in [5, 5.41) is 20.7. The number of halogens is 7. The molecule has 1 amide bonds. The maximum absolute atomic E-state index is 13.1. The van der Waals surface area contributed by atoms with Crippen LogP contribution in [0.5, 0.6) is 0 Å². The first-order chi connectivity index (χ1) is 19.7. The Labute approximate surface area is 236 Å². The van der Waals surface area contributed by atoms with Crippen molar-refractivity contribution >= 4 is 23.3 Å². The van der Waals surface area contributed by atoms with Crippen molar-refractivity contribution < 1.29 is 36.2 Å². The zero-order valence-electron chi connectivity index (χ0n) is 21.0. The molecule has 222 valence electrons. The minimum absolute atomic E-state index is 0.0266.